The van der Waals surface area contributed by atoms with E-state index < -0.39 is 0 Å². The molecular weight excluding hydrogens is 392 g/mol. The Balaban J connectivity index is 1.51. The van der Waals surface area contributed by atoms with Crippen molar-refractivity contribution in [3.05, 3.63) is 89.5 Å². The summed E-state index contributed by atoms with van der Waals surface area (Å²) in [5.74, 6) is 0.825. The second-order valence-electron chi connectivity index (χ2n) is 7.31. The summed E-state index contributed by atoms with van der Waals surface area (Å²) in [6.45, 7) is 3.37. The van der Waals surface area contributed by atoms with Crippen LogP contribution in [0.2, 0.25) is 0 Å². The van der Waals surface area contributed by atoms with E-state index in [2.05, 4.69) is 20.9 Å². The number of nitrogens with zero attached hydrogens (tertiary/aromatic N) is 1. The SMILES string of the molecule is Oc1ccccc1CNCN(CNCc1ccccc1O)CNCc1ccccc1O. The van der Waals surface area contributed by atoms with Crippen LogP contribution in [-0.4, -0.2) is 40.2 Å². The predicted octanol–water partition coefficient (Wildman–Crippen LogP) is 2.65. The fourth-order valence-corrected chi connectivity index (χ4v) is 3.19. The zero-order valence-corrected chi connectivity index (χ0v) is 17.5. The highest BCUT2D eigenvalue weighted by Gasteiger charge is 2.07. The van der Waals surface area contributed by atoms with Gasteiger partial charge in [0.25, 0.3) is 0 Å². The van der Waals surface area contributed by atoms with Gasteiger partial charge in [-0.1, -0.05) is 54.6 Å². The van der Waals surface area contributed by atoms with Crippen LogP contribution in [-0.2, 0) is 19.6 Å². The molecular formula is C24H30N4O3. The first-order chi connectivity index (χ1) is 15.1. The van der Waals surface area contributed by atoms with Crippen molar-refractivity contribution in [1.29, 1.82) is 0 Å². The maximum atomic E-state index is 9.94. The molecule has 7 nitrogen and oxygen atoms in total. The highest BCUT2D eigenvalue weighted by atomic mass is 16.3. The van der Waals surface area contributed by atoms with Gasteiger partial charge in [-0.15, -0.1) is 0 Å². The number of para-hydroxylation sites is 3. The lowest BCUT2D eigenvalue weighted by atomic mass is 10.2. The van der Waals surface area contributed by atoms with Gasteiger partial charge in [0.05, 0.1) is 20.0 Å². The quantitative estimate of drug-likeness (QED) is 0.250. The minimum absolute atomic E-state index is 0.275. The van der Waals surface area contributed by atoms with Gasteiger partial charge in [-0.3, -0.25) is 20.9 Å². The third-order valence-electron chi connectivity index (χ3n) is 4.93. The molecule has 31 heavy (non-hydrogen) atoms. The second-order valence-corrected chi connectivity index (χ2v) is 7.31. The largest absolute Gasteiger partial charge is 0.508 e. The van der Waals surface area contributed by atoms with Crippen molar-refractivity contribution in [2.75, 3.05) is 20.0 Å². The maximum absolute atomic E-state index is 9.94. The third kappa shape index (κ3) is 7.27. The summed E-state index contributed by atoms with van der Waals surface area (Å²) in [6, 6.07) is 21.8. The Bertz CT molecular complexity index is 829. The average molecular weight is 423 g/mol. The number of rotatable bonds is 12. The highest BCUT2D eigenvalue weighted by Crippen LogP contribution is 2.16. The molecule has 0 amide bonds. The van der Waals surface area contributed by atoms with E-state index in [1.807, 2.05) is 36.4 Å². The fourth-order valence-electron chi connectivity index (χ4n) is 3.19. The summed E-state index contributed by atoms with van der Waals surface area (Å²) < 4.78 is 0. The lowest BCUT2D eigenvalue weighted by Gasteiger charge is -2.24. The molecule has 0 spiro atoms. The zero-order valence-electron chi connectivity index (χ0n) is 17.5. The number of phenols is 3. The molecule has 3 aromatic carbocycles. The molecule has 0 aromatic heterocycles. The van der Waals surface area contributed by atoms with E-state index in [1.165, 1.54) is 0 Å². The van der Waals surface area contributed by atoms with E-state index in [-0.39, 0.29) is 17.2 Å². The number of aromatic hydroxyl groups is 3. The van der Waals surface area contributed by atoms with Crippen LogP contribution in [0.1, 0.15) is 16.7 Å². The molecule has 3 aromatic rings. The van der Waals surface area contributed by atoms with Gasteiger partial charge in [-0.05, 0) is 18.2 Å². The fraction of sp³-hybridized carbons (Fsp3) is 0.250. The first kappa shape index (κ1) is 22.6. The summed E-state index contributed by atoms with van der Waals surface area (Å²) in [4.78, 5) is 2.12. The third-order valence-corrected chi connectivity index (χ3v) is 4.93. The number of hydrogen-bond donors (Lipinski definition) is 6. The normalized spacial score (nSPS) is 11.1. The predicted molar refractivity (Wildman–Crippen MR) is 121 cm³/mol. The van der Waals surface area contributed by atoms with Gasteiger partial charge in [0.15, 0.2) is 0 Å². The summed E-state index contributed by atoms with van der Waals surface area (Å²) in [5, 5.41) is 39.9. The van der Waals surface area contributed by atoms with Gasteiger partial charge in [0, 0.05) is 36.3 Å². The van der Waals surface area contributed by atoms with Crippen molar-refractivity contribution >= 4 is 0 Å². The van der Waals surface area contributed by atoms with Crippen molar-refractivity contribution in [2.24, 2.45) is 0 Å². The second kappa shape index (κ2) is 11.9. The minimum atomic E-state index is 0.275. The molecule has 0 aliphatic rings. The summed E-state index contributed by atoms with van der Waals surface area (Å²) in [6.07, 6.45) is 0. The van der Waals surface area contributed by atoms with E-state index >= 15 is 0 Å². The van der Waals surface area contributed by atoms with Gasteiger partial charge in [0.1, 0.15) is 17.2 Å². The Labute approximate surface area is 183 Å². The first-order valence-corrected chi connectivity index (χ1v) is 10.3. The number of nitrogens with one attached hydrogen (secondary N) is 3. The molecule has 0 radical (unpaired) electrons. The van der Waals surface area contributed by atoms with E-state index in [0.717, 1.165) is 16.7 Å². The smallest absolute Gasteiger partial charge is 0.120 e. The molecule has 0 aliphatic heterocycles. The molecule has 0 atom stereocenters. The molecule has 0 saturated carbocycles. The molecule has 7 heteroatoms. The number of phenolic OH excluding ortho intramolecular Hbond substituents is 3. The van der Waals surface area contributed by atoms with Gasteiger partial charge < -0.3 is 15.3 Å². The van der Waals surface area contributed by atoms with Crippen LogP contribution < -0.4 is 16.0 Å². The first-order valence-electron chi connectivity index (χ1n) is 10.3. The molecule has 0 bridgehead atoms. The minimum Gasteiger partial charge on any atom is -0.508 e. The molecule has 0 unspecified atom stereocenters. The molecule has 3 rings (SSSR count). The number of hydrogen-bond acceptors (Lipinski definition) is 7. The van der Waals surface area contributed by atoms with Crippen LogP contribution in [0.25, 0.3) is 0 Å². The van der Waals surface area contributed by atoms with Crippen LogP contribution in [0.4, 0.5) is 0 Å². The number of benzene rings is 3. The van der Waals surface area contributed by atoms with E-state index in [1.54, 1.807) is 36.4 Å². The summed E-state index contributed by atoms with van der Waals surface area (Å²) in [7, 11) is 0. The van der Waals surface area contributed by atoms with E-state index in [0.29, 0.717) is 39.6 Å². The lowest BCUT2D eigenvalue weighted by molar-refractivity contribution is 0.213. The van der Waals surface area contributed by atoms with Gasteiger partial charge in [-0.25, -0.2) is 0 Å². The van der Waals surface area contributed by atoms with Crippen LogP contribution in [0, 0.1) is 0 Å². The average Bonchev–Trinajstić information content (AvgIpc) is 2.77. The van der Waals surface area contributed by atoms with Gasteiger partial charge in [0.2, 0.25) is 0 Å². The Morgan fingerprint density at radius 2 is 0.774 bits per heavy atom. The van der Waals surface area contributed by atoms with Gasteiger partial charge in [-0.2, -0.15) is 0 Å². The Kier molecular flexibility index (Phi) is 8.69. The Morgan fingerprint density at radius 3 is 1.06 bits per heavy atom. The summed E-state index contributed by atoms with van der Waals surface area (Å²) >= 11 is 0. The van der Waals surface area contributed by atoms with Crippen LogP contribution in [0.15, 0.2) is 72.8 Å². The van der Waals surface area contributed by atoms with Crippen molar-refractivity contribution in [1.82, 2.24) is 20.9 Å². The molecule has 0 saturated heterocycles. The Hall–Kier alpha value is -3.10. The van der Waals surface area contributed by atoms with Crippen LogP contribution in [0.3, 0.4) is 0 Å². The van der Waals surface area contributed by atoms with Crippen molar-refractivity contribution < 1.29 is 15.3 Å². The standard InChI is InChI=1S/C24H30N4O3/c29-22-10-4-1-7-19(22)13-25-16-28(17-26-14-20-8-2-5-11-23(20)30)18-27-15-21-9-3-6-12-24(21)31/h1-12,25-27,29-31H,13-18H2. The van der Waals surface area contributed by atoms with Crippen LogP contribution in [0.5, 0.6) is 17.2 Å². The van der Waals surface area contributed by atoms with Gasteiger partial charge >= 0.3 is 0 Å². The van der Waals surface area contributed by atoms with Crippen molar-refractivity contribution in [2.45, 2.75) is 19.6 Å². The molecule has 6 N–H and O–H groups in total. The van der Waals surface area contributed by atoms with Crippen LogP contribution >= 0.6 is 0 Å². The van der Waals surface area contributed by atoms with Crippen molar-refractivity contribution in [3.63, 3.8) is 0 Å². The highest BCUT2D eigenvalue weighted by molar-refractivity contribution is 5.32. The van der Waals surface area contributed by atoms with E-state index in [4.69, 9.17) is 0 Å². The topological polar surface area (TPSA) is 100 Å². The monoisotopic (exact) mass is 422 g/mol. The Morgan fingerprint density at radius 1 is 0.484 bits per heavy atom. The maximum Gasteiger partial charge on any atom is 0.120 e. The molecule has 0 heterocycles. The zero-order chi connectivity index (χ0) is 21.9. The molecule has 164 valence electrons. The van der Waals surface area contributed by atoms with E-state index in [9.17, 15) is 15.3 Å². The lowest BCUT2D eigenvalue weighted by Crippen LogP contribution is -2.44. The van der Waals surface area contributed by atoms with Crippen molar-refractivity contribution in [3.8, 4) is 17.2 Å². The molecule has 0 fully saturated rings. The molecule has 0 aliphatic carbocycles. The summed E-state index contributed by atoms with van der Waals surface area (Å²) in [5.41, 5.74) is 2.52.